The number of methoxy groups -OCH3 is 1. The van der Waals surface area contributed by atoms with E-state index >= 15 is 0 Å². The summed E-state index contributed by atoms with van der Waals surface area (Å²) in [5.41, 5.74) is 1.45. The van der Waals surface area contributed by atoms with E-state index in [0.29, 0.717) is 0 Å². The van der Waals surface area contributed by atoms with Gasteiger partial charge in [0, 0.05) is 11.1 Å². The maximum atomic E-state index is 12.5. The lowest BCUT2D eigenvalue weighted by Crippen LogP contribution is -2.52. The molecule has 0 N–H and O–H groups in total. The van der Waals surface area contributed by atoms with Crippen LogP contribution in [0.5, 0.6) is 5.75 Å². The van der Waals surface area contributed by atoms with Gasteiger partial charge in [-0.05, 0) is 12.1 Å². The number of hydrogen-bond donors (Lipinski definition) is 0. The fourth-order valence-electron chi connectivity index (χ4n) is 2.97. The van der Waals surface area contributed by atoms with Gasteiger partial charge < -0.3 is 4.74 Å². The first-order valence-electron chi connectivity index (χ1n) is 8.37. The summed E-state index contributed by atoms with van der Waals surface area (Å²) in [5.74, 6) is 0.938. The smallest absolute Gasteiger partial charge is 0.193 e. The molecule has 0 saturated heterocycles. The molecule has 0 radical (unpaired) electrons. The highest BCUT2D eigenvalue weighted by molar-refractivity contribution is 7.00. The second-order valence-corrected chi connectivity index (χ2v) is 11.0. The quantitative estimate of drug-likeness (QED) is 0.519. The lowest BCUT2D eigenvalue weighted by Gasteiger charge is -2.24. The number of ether oxygens (including phenoxy) is 1. The van der Waals surface area contributed by atoms with E-state index in [1.165, 1.54) is 10.4 Å². The Hall–Kier alpha value is -2.65. The number of rotatable bonds is 5. The predicted molar refractivity (Wildman–Crippen MR) is 106 cm³/mol. The number of carbonyl (C=O) groups is 1. The molecule has 0 bridgehead atoms. The van der Waals surface area contributed by atoms with Gasteiger partial charge >= 0.3 is 0 Å². The third-order valence-corrected chi connectivity index (χ3v) is 8.27. The third kappa shape index (κ3) is 3.56. The Morgan fingerprint density at radius 3 is 1.72 bits per heavy atom. The number of ketones is 1. The summed E-state index contributed by atoms with van der Waals surface area (Å²) < 4.78 is 5.25. The Kier molecular flexibility index (Phi) is 4.86. The highest BCUT2D eigenvalue weighted by Gasteiger charge is 2.26. The largest absolute Gasteiger partial charge is 0.497 e. The van der Waals surface area contributed by atoms with Crippen molar-refractivity contribution in [3.05, 3.63) is 90.0 Å². The van der Waals surface area contributed by atoms with Crippen LogP contribution in [0.3, 0.4) is 0 Å². The molecule has 0 unspecified atom stereocenters. The van der Waals surface area contributed by atoms with Gasteiger partial charge in [0.05, 0.1) is 7.11 Å². The zero-order valence-electron chi connectivity index (χ0n) is 14.8. The summed E-state index contributed by atoms with van der Waals surface area (Å²) in [6, 6.07) is 25.8. The molecule has 0 aliphatic heterocycles. The number of hydrogen-bond acceptors (Lipinski definition) is 2. The van der Waals surface area contributed by atoms with Crippen molar-refractivity contribution < 1.29 is 9.53 Å². The molecule has 0 aromatic heterocycles. The van der Waals surface area contributed by atoms with Gasteiger partial charge in [-0.1, -0.05) is 90.2 Å². The van der Waals surface area contributed by atoms with Gasteiger partial charge in [-0.15, -0.1) is 0 Å². The molecule has 0 heterocycles. The Labute approximate surface area is 150 Å². The lowest BCUT2D eigenvalue weighted by molar-refractivity contribution is 0.103. The Balaban J connectivity index is 1.86. The van der Waals surface area contributed by atoms with Crippen molar-refractivity contribution >= 4 is 24.2 Å². The number of carbonyl (C=O) groups excluding carboxylic acids is 1. The molecule has 0 aliphatic rings. The minimum absolute atomic E-state index is 0.0658. The van der Waals surface area contributed by atoms with Crippen LogP contribution in [0, 0.1) is 0 Å². The average Bonchev–Trinajstić information content (AvgIpc) is 2.68. The van der Waals surface area contributed by atoms with Crippen LogP contribution in [0.15, 0.2) is 78.9 Å². The first kappa shape index (κ1) is 17.2. The molecule has 2 nitrogen and oxygen atoms in total. The van der Waals surface area contributed by atoms with E-state index in [2.05, 4.69) is 37.4 Å². The maximum absolute atomic E-state index is 12.5. The highest BCUT2D eigenvalue weighted by Crippen LogP contribution is 2.13. The van der Waals surface area contributed by atoms with Gasteiger partial charge in [-0.2, -0.15) is 0 Å². The van der Waals surface area contributed by atoms with Gasteiger partial charge in [0.2, 0.25) is 0 Å². The first-order valence-corrected chi connectivity index (χ1v) is 11.4. The van der Waals surface area contributed by atoms with Crippen molar-refractivity contribution in [3.63, 3.8) is 0 Å². The summed E-state index contributed by atoms with van der Waals surface area (Å²) in [6.07, 6.45) is 0. The Bertz CT molecular complexity index is 851. The lowest BCUT2D eigenvalue weighted by atomic mass is 10.0. The monoisotopic (exact) mass is 346 g/mol. The van der Waals surface area contributed by atoms with E-state index < -0.39 is 8.07 Å². The molecule has 0 fully saturated rings. The predicted octanol–water partition coefficient (Wildman–Crippen LogP) is 3.75. The van der Waals surface area contributed by atoms with Gasteiger partial charge in [0.1, 0.15) is 13.8 Å². The summed E-state index contributed by atoms with van der Waals surface area (Å²) in [6.45, 7) is 4.64. The van der Waals surface area contributed by atoms with E-state index in [-0.39, 0.29) is 5.78 Å². The fraction of sp³-hybridized carbons (Fsp3) is 0.136. The molecule has 3 heteroatoms. The zero-order chi connectivity index (χ0) is 17.9. The summed E-state index contributed by atoms with van der Waals surface area (Å²) >= 11 is 0. The van der Waals surface area contributed by atoms with Gasteiger partial charge in [0.15, 0.2) is 5.78 Å². The zero-order valence-corrected chi connectivity index (χ0v) is 15.8. The van der Waals surface area contributed by atoms with Crippen LogP contribution in [-0.2, 0) is 0 Å². The molecule has 0 aliphatic carbocycles. The van der Waals surface area contributed by atoms with E-state index in [1.54, 1.807) is 7.11 Å². The van der Waals surface area contributed by atoms with E-state index in [9.17, 15) is 4.79 Å². The summed E-state index contributed by atoms with van der Waals surface area (Å²) in [5, 5.41) is 2.65. The fourth-order valence-corrected chi connectivity index (χ4v) is 5.30. The van der Waals surface area contributed by atoms with Crippen LogP contribution >= 0.6 is 0 Å². The van der Waals surface area contributed by atoms with Crippen molar-refractivity contribution in [1.29, 1.82) is 0 Å². The van der Waals surface area contributed by atoms with Crippen LogP contribution in [0.2, 0.25) is 13.1 Å². The topological polar surface area (TPSA) is 26.3 Å². The Morgan fingerprint density at radius 1 is 0.720 bits per heavy atom. The highest BCUT2D eigenvalue weighted by atomic mass is 28.3. The van der Waals surface area contributed by atoms with Crippen molar-refractivity contribution in [2.45, 2.75) is 13.1 Å². The second-order valence-electron chi connectivity index (χ2n) is 6.63. The summed E-state index contributed by atoms with van der Waals surface area (Å²) in [7, 11) is -0.114. The summed E-state index contributed by atoms with van der Waals surface area (Å²) in [4.78, 5) is 12.5. The van der Waals surface area contributed by atoms with Gasteiger partial charge in [-0.3, -0.25) is 4.79 Å². The molecular weight excluding hydrogens is 324 g/mol. The Morgan fingerprint density at radius 2 is 1.20 bits per heavy atom. The molecule has 25 heavy (non-hydrogen) atoms. The van der Waals surface area contributed by atoms with E-state index in [0.717, 1.165) is 16.9 Å². The normalized spacial score (nSPS) is 11.2. The standard InChI is InChI=1S/C22H22O2Si/c1-24-19-11-15-21(16-12-19)25(2,3)20-13-9-18(10-14-20)22(23)17-7-5-4-6-8-17/h4-16H,1-3H3. The van der Waals surface area contributed by atoms with Crippen LogP contribution in [0.1, 0.15) is 15.9 Å². The molecule has 3 rings (SSSR count). The third-order valence-electron chi connectivity index (χ3n) is 4.72. The van der Waals surface area contributed by atoms with E-state index in [1.807, 2.05) is 54.6 Å². The molecule has 0 atom stereocenters. The second kappa shape index (κ2) is 7.07. The SMILES string of the molecule is COc1ccc([Si](C)(C)c2ccc(C(=O)c3ccccc3)cc2)cc1. The van der Waals surface area contributed by atoms with Crippen LogP contribution in [0.25, 0.3) is 0 Å². The molecule has 0 spiro atoms. The van der Waals surface area contributed by atoms with Crippen LogP contribution in [0.4, 0.5) is 0 Å². The van der Waals surface area contributed by atoms with Crippen LogP contribution < -0.4 is 15.1 Å². The van der Waals surface area contributed by atoms with Crippen molar-refractivity contribution in [3.8, 4) is 5.75 Å². The van der Waals surface area contributed by atoms with Gasteiger partial charge in [0.25, 0.3) is 0 Å². The van der Waals surface area contributed by atoms with E-state index in [4.69, 9.17) is 4.74 Å². The van der Waals surface area contributed by atoms with Gasteiger partial charge in [-0.25, -0.2) is 0 Å². The molecular formula is C22H22O2Si. The van der Waals surface area contributed by atoms with Crippen molar-refractivity contribution in [2.75, 3.05) is 7.11 Å². The first-order chi connectivity index (χ1) is 12.0. The maximum Gasteiger partial charge on any atom is 0.193 e. The van der Waals surface area contributed by atoms with Crippen molar-refractivity contribution in [1.82, 2.24) is 0 Å². The molecule has 0 amide bonds. The minimum Gasteiger partial charge on any atom is -0.497 e. The van der Waals surface area contributed by atoms with Crippen molar-refractivity contribution in [2.24, 2.45) is 0 Å². The molecule has 3 aromatic rings. The molecule has 3 aromatic carbocycles. The minimum atomic E-state index is -1.80. The average molecular weight is 347 g/mol. The number of benzene rings is 3. The molecule has 126 valence electrons. The van der Waals surface area contributed by atoms with Crippen LogP contribution in [-0.4, -0.2) is 21.0 Å². The molecule has 0 saturated carbocycles.